The monoisotopic (exact) mass is 428 g/mol. The third kappa shape index (κ3) is 3.79. The summed E-state index contributed by atoms with van der Waals surface area (Å²) < 4.78 is 8.65. The van der Waals surface area contributed by atoms with Crippen molar-refractivity contribution in [1.82, 2.24) is 29.8 Å². The molecule has 0 N–H and O–H groups in total. The van der Waals surface area contributed by atoms with Crippen LogP contribution in [0.2, 0.25) is 0 Å². The van der Waals surface area contributed by atoms with Crippen molar-refractivity contribution in [2.75, 3.05) is 0 Å². The van der Waals surface area contributed by atoms with Crippen LogP contribution in [0, 0.1) is 13.8 Å². The maximum atomic E-state index is 12.3. The van der Waals surface area contributed by atoms with Crippen LogP contribution in [0.25, 0.3) is 17.1 Å². The first-order valence-corrected chi connectivity index (χ1v) is 10.6. The lowest BCUT2D eigenvalue weighted by molar-refractivity contribution is 0.302. The average molecular weight is 428 g/mol. The zero-order valence-corrected chi connectivity index (χ0v) is 18.3. The molecule has 1 fully saturated rings. The van der Waals surface area contributed by atoms with E-state index in [1.165, 1.54) is 27.8 Å². The minimum Gasteiger partial charge on any atom is -0.489 e. The quantitative estimate of drug-likeness (QED) is 0.467. The highest BCUT2D eigenvalue weighted by atomic mass is 16.5. The second-order valence-corrected chi connectivity index (χ2v) is 8.25. The highest BCUT2D eigenvalue weighted by molar-refractivity contribution is 5.58. The number of rotatable bonds is 6. The fourth-order valence-electron chi connectivity index (χ4n) is 3.75. The molecule has 8 nitrogen and oxygen atoms in total. The standard InChI is InChI=1S/C24H24N6O2/c1-15-5-4-6-21(30-24(31)29(3)27-28-30)20(15)14-32-22-10-9-18(11-16(22)2)23-25-12-19(13-26-23)17-7-8-17/h4-6,9-13,17H,7-8,14H2,1-3H3. The van der Waals surface area contributed by atoms with Crippen LogP contribution in [-0.4, -0.2) is 29.8 Å². The van der Waals surface area contributed by atoms with Gasteiger partial charge in [0.2, 0.25) is 0 Å². The number of tetrazole rings is 1. The van der Waals surface area contributed by atoms with E-state index in [0.29, 0.717) is 24.0 Å². The second-order valence-electron chi connectivity index (χ2n) is 8.25. The zero-order chi connectivity index (χ0) is 22.2. The van der Waals surface area contributed by atoms with Crippen LogP contribution in [0.1, 0.15) is 41.0 Å². The van der Waals surface area contributed by atoms with Gasteiger partial charge in [0.15, 0.2) is 5.82 Å². The van der Waals surface area contributed by atoms with Gasteiger partial charge in [-0.3, -0.25) is 0 Å². The van der Waals surface area contributed by atoms with Crippen LogP contribution in [0.5, 0.6) is 5.75 Å². The Balaban J connectivity index is 1.37. The molecule has 0 unspecified atom stereocenters. The van der Waals surface area contributed by atoms with Gasteiger partial charge >= 0.3 is 5.69 Å². The molecule has 0 atom stereocenters. The molecule has 32 heavy (non-hydrogen) atoms. The van der Waals surface area contributed by atoms with Gasteiger partial charge in [0.25, 0.3) is 0 Å². The highest BCUT2D eigenvalue weighted by Crippen LogP contribution is 2.39. The number of benzene rings is 2. The third-order valence-corrected chi connectivity index (χ3v) is 5.86. The molecule has 5 rings (SSSR count). The van der Waals surface area contributed by atoms with Gasteiger partial charge in [0.05, 0.1) is 5.69 Å². The predicted octanol–water partition coefficient (Wildman–Crippen LogP) is 3.50. The Kier molecular flexibility index (Phi) is 5.05. The Hall–Kier alpha value is -3.81. The third-order valence-electron chi connectivity index (χ3n) is 5.86. The SMILES string of the molecule is Cc1cc(-c2ncc(C3CC3)cn2)ccc1OCc1c(C)cccc1-n1nnn(C)c1=O. The highest BCUT2D eigenvalue weighted by Gasteiger charge is 2.24. The fraction of sp³-hybridized carbons (Fsp3) is 0.292. The summed E-state index contributed by atoms with van der Waals surface area (Å²) in [6, 6.07) is 11.7. The van der Waals surface area contributed by atoms with Crippen molar-refractivity contribution in [3.05, 3.63) is 81.5 Å². The maximum Gasteiger partial charge on any atom is 0.368 e. The lowest BCUT2D eigenvalue weighted by atomic mass is 10.1. The molecule has 8 heteroatoms. The Bertz CT molecular complexity index is 1340. The molecule has 0 radical (unpaired) electrons. The molecule has 1 aliphatic carbocycles. The Morgan fingerprint density at radius 3 is 2.47 bits per heavy atom. The summed E-state index contributed by atoms with van der Waals surface area (Å²) in [5.41, 5.74) is 5.44. The minimum atomic E-state index is -0.301. The zero-order valence-electron chi connectivity index (χ0n) is 18.3. The molecule has 4 aromatic rings. The van der Waals surface area contributed by atoms with Crippen LogP contribution in [-0.2, 0) is 13.7 Å². The molecular formula is C24H24N6O2. The van der Waals surface area contributed by atoms with Gasteiger partial charge in [-0.25, -0.2) is 14.8 Å². The summed E-state index contributed by atoms with van der Waals surface area (Å²) >= 11 is 0. The Labute approximate surface area is 185 Å². The van der Waals surface area contributed by atoms with Gasteiger partial charge in [-0.15, -0.1) is 0 Å². The van der Waals surface area contributed by atoms with Crippen molar-refractivity contribution in [2.24, 2.45) is 7.05 Å². The van der Waals surface area contributed by atoms with E-state index < -0.39 is 0 Å². The molecule has 162 valence electrons. The van der Waals surface area contributed by atoms with Gasteiger partial charge in [-0.1, -0.05) is 12.1 Å². The molecule has 2 heterocycles. The molecule has 2 aromatic heterocycles. The van der Waals surface area contributed by atoms with Gasteiger partial charge < -0.3 is 4.74 Å². The molecule has 0 bridgehead atoms. The van der Waals surface area contributed by atoms with Gasteiger partial charge in [0, 0.05) is 30.6 Å². The van der Waals surface area contributed by atoms with Crippen molar-refractivity contribution in [1.29, 1.82) is 0 Å². The summed E-state index contributed by atoms with van der Waals surface area (Å²) in [5, 5.41) is 7.79. The molecule has 2 aromatic carbocycles. The van der Waals surface area contributed by atoms with Crippen molar-refractivity contribution in [3.8, 4) is 22.8 Å². The number of nitrogens with zero attached hydrogens (tertiary/aromatic N) is 6. The number of hydrogen-bond donors (Lipinski definition) is 0. The fourth-order valence-corrected chi connectivity index (χ4v) is 3.75. The van der Waals surface area contributed by atoms with E-state index >= 15 is 0 Å². The van der Waals surface area contributed by atoms with Crippen molar-refractivity contribution in [3.63, 3.8) is 0 Å². The van der Waals surface area contributed by atoms with E-state index in [0.717, 1.165) is 28.0 Å². The first kappa shape index (κ1) is 20.1. The lowest BCUT2D eigenvalue weighted by Crippen LogP contribution is -2.23. The van der Waals surface area contributed by atoms with Crippen LogP contribution >= 0.6 is 0 Å². The molecule has 0 spiro atoms. The summed E-state index contributed by atoms with van der Waals surface area (Å²) in [6.45, 7) is 4.29. The Morgan fingerprint density at radius 1 is 1.03 bits per heavy atom. The topological polar surface area (TPSA) is 87.7 Å². The average Bonchev–Trinajstić information content (AvgIpc) is 3.59. The normalized spacial score (nSPS) is 13.3. The largest absolute Gasteiger partial charge is 0.489 e. The van der Waals surface area contributed by atoms with Gasteiger partial charge in [-0.2, -0.15) is 9.36 Å². The van der Waals surface area contributed by atoms with Gasteiger partial charge in [0.1, 0.15) is 12.4 Å². The molecule has 0 aliphatic heterocycles. The van der Waals surface area contributed by atoms with E-state index in [2.05, 4.69) is 20.4 Å². The van der Waals surface area contributed by atoms with Crippen LogP contribution in [0.15, 0.2) is 53.6 Å². The molecular weight excluding hydrogens is 404 g/mol. The van der Waals surface area contributed by atoms with E-state index in [1.807, 2.05) is 62.6 Å². The predicted molar refractivity (Wildman–Crippen MR) is 120 cm³/mol. The van der Waals surface area contributed by atoms with Crippen molar-refractivity contribution < 1.29 is 4.74 Å². The smallest absolute Gasteiger partial charge is 0.368 e. The Morgan fingerprint density at radius 2 is 1.81 bits per heavy atom. The van der Waals surface area contributed by atoms with E-state index in [-0.39, 0.29) is 5.69 Å². The lowest BCUT2D eigenvalue weighted by Gasteiger charge is -2.14. The summed E-state index contributed by atoms with van der Waals surface area (Å²) in [7, 11) is 1.58. The number of ether oxygens (including phenoxy) is 1. The first-order valence-electron chi connectivity index (χ1n) is 10.6. The van der Waals surface area contributed by atoms with E-state index in [9.17, 15) is 4.79 Å². The number of aromatic nitrogens is 6. The summed E-state index contributed by atoms with van der Waals surface area (Å²) in [6.07, 6.45) is 6.35. The number of aryl methyl sites for hydroxylation is 3. The molecule has 0 saturated heterocycles. The van der Waals surface area contributed by atoms with Crippen molar-refractivity contribution in [2.45, 2.75) is 39.2 Å². The first-order chi connectivity index (χ1) is 15.5. The van der Waals surface area contributed by atoms with Crippen LogP contribution in [0.3, 0.4) is 0 Å². The molecule has 1 aliphatic rings. The van der Waals surface area contributed by atoms with E-state index in [1.54, 1.807) is 7.05 Å². The second kappa shape index (κ2) is 8.03. The maximum absolute atomic E-state index is 12.3. The number of hydrogen-bond acceptors (Lipinski definition) is 6. The van der Waals surface area contributed by atoms with Gasteiger partial charge in [-0.05, 0) is 84.0 Å². The summed E-state index contributed by atoms with van der Waals surface area (Å²) in [4.78, 5) is 21.4. The van der Waals surface area contributed by atoms with E-state index in [4.69, 9.17) is 4.74 Å². The molecule has 0 amide bonds. The van der Waals surface area contributed by atoms with Crippen LogP contribution < -0.4 is 10.4 Å². The van der Waals surface area contributed by atoms with Crippen molar-refractivity contribution >= 4 is 0 Å². The minimum absolute atomic E-state index is 0.301. The summed E-state index contributed by atoms with van der Waals surface area (Å²) in [5.74, 6) is 2.13. The molecule has 1 saturated carbocycles. The van der Waals surface area contributed by atoms with Crippen LogP contribution in [0.4, 0.5) is 0 Å².